The van der Waals surface area contributed by atoms with Crippen LogP contribution in [0, 0.1) is 20.8 Å². The van der Waals surface area contributed by atoms with Crippen molar-refractivity contribution in [1.29, 1.82) is 0 Å². The summed E-state index contributed by atoms with van der Waals surface area (Å²) in [6.45, 7) is 8.03. The number of piperidine rings is 1. The second-order valence-corrected chi connectivity index (χ2v) is 8.08. The molecule has 6 heterocycles. The van der Waals surface area contributed by atoms with Crippen LogP contribution in [0.4, 0.5) is 11.6 Å². The number of aryl methyl sites for hydroxylation is 2. The van der Waals surface area contributed by atoms with Crippen molar-refractivity contribution >= 4 is 29.0 Å². The summed E-state index contributed by atoms with van der Waals surface area (Å²) in [5, 5.41) is 13.8. The predicted octanol–water partition coefficient (Wildman–Crippen LogP) is 2.03. The van der Waals surface area contributed by atoms with E-state index in [1.54, 1.807) is 11.8 Å². The molecule has 3 aromatic heterocycles. The van der Waals surface area contributed by atoms with Gasteiger partial charge in [0.1, 0.15) is 11.6 Å². The molecule has 3 saturated heterocycles. The Bertz CT molecular complexity index is 1020. The van der Waals surface area contributed by atoms with Crippen molar-refractivity contribution in [3.05, 3.63) is 29.2 Å². The van der Waals surface area contributed by atoms with Gasteiger partial charge in [-0.25, -0.2) is 9.97 Å². The molecule has 2 unspecified atom stereocenters. The monoisotopic (exact) mass is 382 g/mol. The van der Waals surface area contributed by atoms with Gasteiger partial charge in [0.2, 0.25) is 0 Å². The smallest absolute Gasteiger partial charge is 0.189 e. The van der Waals surface area contributed by atoms with Crippen molar-refractivity contribution in [2.24, 2.45) is 0 Å². The number of anilines is 2. The maximum atomic E-state index is 4.82. The average molecular weight is 382 g/mol. The molecule has 6 rings (SSSR count). The van der Waals surface area contributed by atoms with Gasteiger partial charge in [-0.1, -0.05) is 11.8 Å². The van der Waals surface area contributed by atoms with Crippen molar-refractivity contribution in [2.45, 2.75) is 44.4 Å². The highest BCUT2D eigenvalue weighted by Gasteiger charge is 2.46. The molecule has 0 radical (unpaired) electrons. The molecule has 8 nitrogen and oxygen atoms in total. The number of nitrogens with zero attached hydrogens (tertiary/aromatic N) is 8. The first-order valence-electron chi connectivity index (χ1n) is 9.16. The van der Waals surface area contributed by atoms with E-state index < -0.39 is 0 Å². The lowest BCUT2D eigenvalue weighted by atomic mass is 9.87. The third kappa shape index (κ3) is 2.55. The Morgan fingerprint density at radius 1 is 1.04 bits per heavy atom. The van der Waals surface area contributed by atoms with Crippen LogP contribution in [-0.2, 0) is 0 Å². The predicted molar refractivity (Wildman–Crippen MR) is 106 cm³/mol. The van der Waals surface area contributed by atoms with Gasteiger partial charge in [-0.3, -0.25) is 0 Å². The number of hydrogen-bond acceptors (Lipinski definition) is 8. The second-order valence-electron chi connectivity index (χ2n) is 7.31. The van der Waals surface area contributed by atoms with E-state index in [-0.39, 0.29) is 0 Å². The Morgan fingerprint density at radius 3 is 2.56 bits per heavy atom. The summed E-state index contributed by atoms with van der Waals surface area (Å²) < 4.78 is 1.82. The summed E-state index contributed by atoms with van der Waals surface area (Å²) >= 11 is 1.60. The SMILES string of the molecule is CSc1nc(C)c(C)c(N2C3CC2CN(c2ccc4nnc(C)n4n2)C3)n1. The van der Waals surface area contributed by atoms with Crippen molar-refractivity contribution in [1.82, 2.24) is 29.8 Å². The lowest BCUT2D eigenvalue weighted by molar-refractivity contribution is 0.286. The Hall–Kier alpha value is -2.42. The van der Waals surface area contributed by atoms with E-state index in [1.165, 1.54) is 12.0 Å². The Kier molecular flexibility index (Phi) is 3.75. The van der Waals surface area contributed by atoms with Crippen molar-refractivity contribution < 1.29 is 0 Å². The molecule has 27 heavy (non-hydrogen) atoms. The van der Waals surface area contributed by atoms with E-state index in [0.717, 1.165) is 47.0 Å². The molecule has 2 bridgehead atoms. The van der Waals surface area contributed by atoms with Crippen LogP contribution in [-0.4, -0.2) is 61.2 Å². The topological polar surface area (TPSA) is 75.3 Å². The summed E-state index contributed by atoms with van der Waals surface area (Å²) in [6.07, 6.45) is 3.24. The lowest BCUT2D eigenvalue weighted by Crippen LogP contribution is -2.69. The van der Waals surface area contributed by atoms with Crippen LogP contribution < -0.4 is 9.80 Å². The highest BCUT2D eigenvalue weighted by Crippen LogP contribution is 2.39. The van der Waals surface area contributed by atoms with Gasteiger partial charge in [-0.15, -0.1) is 15.3 Å². The number of fused-ring (bicyclic) bond motifs is 3. The van der Waals surface area contributed by atoms with Gasteiger partial charge < -0.3 is 9.80 Å². The number of piperazine rings is 1. The Labute approximate surface area is 162 Å². The third-order valence-electron chi connectivity index (χ3n) is 5.69. The van der Waals surface area contributed by atoms with E-state index in [4.69, 9.17) is 10.1 Å². The van der Waals surface area contributed by atoms with Crippen LogP contribution in [0.3, 0.4) is 0 Å². The zero-order valence-electron chi connectivity index (χ0n) is 15.9. The summed E-state index contributed by atoms with van der Waals surface area (Å²) in [5.41, 5.74) is 3.05. The Balaban J connectivity index is 1.42. The molecule has 2 atom stereocenters. The van der Waals surface area contributed by atoms with Crippen LogP contribution in [0.25, 0.3) is 5.65 Å². The van der Waals surface area contributed by atoms with Crippen molar-refractivity contribution in [2.75, 3.05) is 29.1 Å². The molecule has 3 aliphatic rings. The number of hydrogen-bond donors (Lipinski definition) is 0. The maximum Gasteiger partial charge on any atom is 0.189 e. The summed E-state index contributed by atoms with van der Waals surface area (Å²) in [7, 11) is 0. The molecule has 0 aromatic carbocycles. The van der Waals surface area contributed by atoms with Gasteiger partial charge >= 0.3 is 0 Å². The number of rotatable bonds is 3. The molecule has 0 spiro atoms. The van der Waals surface area contributed by atoms with E-state index in [9.17, 15) is 0 Å². The molecule has 3 aromatic rings. The second kappa shape index (κ2) is 6.05. The third-order valence-corrected chi connectivity index (χ3v) is 6.24. The molecule has 3 aliphatic heterocycles. The number of thioether (sulfide) groups is 1. The van der Waals surface area contributed by atoms with Crippen LogP contribution in [0.5, 0.6) is 0 Å². The van der Waals surface area contributed by atoms with Gasteiger partial charge in [0.15, 0.2) is 16.6 Å². The minimum Gasteiger partial charge on any atom is -0.351 e. The van der Waals surface area contributed by atoms with E-state index in [1.807, 2.05) is 29.8 Å². The summed E-state index contributed by atoms with van der Waals surface area (Å²) in [6, 6.07) is 4.96. The summed E-state index contributed by atoms with van der Waals surface area (Å²) in [5.74, 6) is 2.90. The molecule has 0 amide bonds. The Morgan fingerprint density at radius 2 is 1.81 bits per heavy atom. The van der Waals surface area contributed by atoms with Gasteiger partial charge in [-0.05, 0) is 45.6 Å². The zero-order chi connectivity index (χ0) is 18.7. The van der Waals surface area contributed by atoms with Gasteiger partial charge in [-0.2, -0.15) is 4.52 Å². The van der Waals surface area contributed by atoms with Crippen LogP contribution in [0.15, 0.2) is 17.3 Å². The zero-order valence-corrected chi connectivity index (χ0v) is 16.7. The molecule has 9 heteroatoms. The van der Waals surface area contributed by atoms with Crippen LogP contribution in [0.1, 0.15) is 23.5 Å². The molecular formula is C18H22N8S. The van der Waals surface area contributed by atoms with Crippen LogP contribution >= 0.6 is 11.8 Å². The fraction of sp³-hybridized carbons (Fsp3) is 0.500. The van der Waals surface area contributed by atoms with Crippen molar-refractivity contribution in [3.8, 4) is 0 Å². The molecular weight excluding hydrogens is 360 g/mol. The van der Waals surface area contributed by atoms with E-state index in [0.29, 0.717) is 12.1 Å². The largest absolute Gasteiger partial charge is 0.351 e. The van der Waals surface area contributed by atoms with Gasteiger partial charge in [0, 0.05) is 24.3 Å². The molecule has 0 aliphatic carbocycles. The first-order valence-corrected chi connectivity index (χ1v) is 10.4. The van der Waals surface area contributed by atoms with Crippen molar-refractivity contribution in [3.63, 3.8) is 0 Å². The first kappa shape index (κ1) is 16.7. The average Bonchev–Trinajstić information content (AvgIpc) is 3.05. The molecule has 0 saturated carbocycles. The van der Waals surface area contributed by atoms with E-state index in [2.05, 4.69) is 38.8 Å². The minimum atomic E-state index is 0.464. The highest BCUT2D eigenvalue weighted by atomic mass is 32.2. The van der Waals surface area contributed by atoms with E-state index >= 15 is 0 Å². The quantitative estimate of drug-likeness (QED) is 0.503. The fourth-order valence-electron chi connectivity index (χ4n) is 4.13. The lowest BCUT2D eigenvalue weighted by Gasteiger charge is -2.57. The molecule has 3 fully saturated rings. The van der Waals surface area contributed by atoms with Gasteiger partial charge in [0.05, 0.1) is 12.1 Å². The first-order chi connectivity index (χ1) is 13.0. The molecule has 140 valence electrons. The minimum absolute atomic E-state index is 0.464. The van der Waals surface area contributed by atoms with Gasteiger partial charge in [0.25, 0.3) is 0 Å². The summed E-state index contributed by atoms with van der Waals surface area (Å²) in [4.78, 5) is 14.3. The standard InChI is InChI=1S/C18H22N8S/c1-10-11(2)19-18(27-4)20-17(10)25-13-7-14(25)9-24(8-13)16-6-5-15-22-21-12(3)26(15)23-16/h5-6,13-14H,7-9H2,1-4H3. The fourth-order valence-corrected chi connectivity index (χ4v) is 4.53. The molecule has 0 N–H and O–H groups in total. The normalized spacial score (nSPS) is 21.6. The maximum absolute atomic E-state index is 4.82. The van der Waals surface area contributed by atoms with Crippen LogP contribution in [0.2, 0.25) is 0 Å². The number of aromatic nitrogens is 6. The highest BCUT2D eigenvalue weighted by molar-refractivity contribution is 7.98.